The molecule has 1 atom stereocenters. The molecule has 0 aliphatic rings. The molecule has 14 heavy (non-hydrogen) atoms. The standard InChI is InChI=1S/C7H4BrF3O2S/c8-4-1-2-5(12)6(3-4)14(13)7(9,10)11/h1-3,12H. The number of benzene rings is 1. The van der Waals surface area contributed by atoms with E-state index in [1.54, 1.807) is 0 Å². The summed E-state index contributed by atoms with van der Waals surface area (Å²) in [4.78, 5) is -0.646. The Hall–Kier alpha value is -0.560. The molecule has 0 fully saturated rings. The first-order valence-electron chi connectivity index (χ1n) is 3.29. The third-order valence-corrected chi connectivity index (χ3v) is 2.97. The molecule has 0 saturated carbocycles. The minimum absolute atomic E-state index is 0.322. The van der Waals surface area contributed by atoms with Crippen molar-refractivity contribution in [3.8, 4) is 5.75 Å². The Kier molecular flexibility index (Phi) is 3.20. The lowest BCUT2D eigenvalue weighted by atomic mass is 10.3. The Bertz CT molecular complexity index is 378. The van der Waals surface area contributed by atoms with E-state index in [1.165, 1.54) is 6.07 Å². The van der Waals surface area contributed by atoms with E-state index in [4.69, 9.17) is 5.11 Å². The Labute approximate surface area is 88.3 Å². The molecule has 1 unspecified atom stereocenters. The fourth-order valence-electron chi connectivity index (χ4n) is 0.761. The Balaban J connectivity index is 3.19. The van der Waals surface area contributed by atoms with Crippen molar-refractivity contribution >= 4 is 26.7 Å². The van der Waals surface area contributed by atoms with Gasteiger partial charge in [-0.1, -0.05) is 15.9 Å². The van der Waals surface area contributed by atoms with E-state index < -0.39 is 27.0 Å². The lowest BCUT2D eigenvalue weighted by Crippen LogP contribution is -2.16. The van der Waals surface area contributed by atoms with E-state index in [-0.39, 0.29) is 0 Å². The van der Waals surface area contributed by atoms with Gasteiger partial charge in [-0.15, -0.1) is 0 Å². The van der Waals surface area contributed by atoms with Gasteiger partial charge in [-0.3, -0.25) is 0 Å². The summed E-state index contributed by atoms with van der Waals surface area (Å²) in [5.74, 6) is -0.635. The average Bonchev–Trinajstić information content (AvgIpc) is 2.06. The van der Waals surface area contributed by atoms with Crippen LogP contribution in [0.5, 0.6) is 5.75 Å². The van der Waals surface area contributed by atoms with Crippen molar-refractivity contribution in [3.63, 3.8) is 0 Å². The molecular weight excluding hydrogens is 285 g/mol. The fourth-order valence-corrected chi connectivity index (χ4v) is 2.02. The summed E-state index contributed by atoms with van der Waals surface area (Å²) in [5.41, 5.74) is -4.86. The molecular formula is C7H4BrF3O2S. The molecule has 1 aromatic rings. The van der Waals surface area contributed by atoms with Crippen molar-refractivity contribution in [2.24, 2.45) is 0 Å². The maximum atomic E-state index is 12.0. The molecule has 0 bridgehead atoms. The van der Waals surface area contributed by atoms with Gasteiger partial charge in [0.1, 0.15) is 5.75 Å². The van der Waals surface area contributed by atoms with Crippen molar-refractivity contribution in [2.75, 3.05) is 0 Å². The number of hydrogen-bond donors (Lipinski definition) is 1. The quantitative estimate of drug-likeness (QED) is 0.863. The first kappa shape index (κ1) is 11.5. The van der Waals surface area contributed by atoms with Crippen molar-refractivity contribution in [1.82, 2.24) is 0 Å². The summed E-state index contributed by atoms with van der Waals surface area (Å²) < 4.78 is 47.2. The Morgan fingerprint density at radius 1 is 1.36 bits per heavy atom. The van der Waals surface area contributed by atoms with E-state index in [2.05, 4.69) is 15.9 Å². The van der Waals surface area contributed by atoms with E-state index in [0.717, 1.165) is 12.1 Å². The maximum Gasteiger partial charge on any atom is 0.475 e. The second-order valence-corrected chi connectivity index (χ2v) is 4.68. The highest BCUT2D eigenvalue weighted by Gasteiger charge is 2.39. The summed E-state index contributed by atoms with van der Waals surface area (Å²) in [7, 11) is -3.20. The smallest absolute Gasteiger partial charge is 0.475 e. The van der Waals surface area contributed by atoms with Crippen LogP contribution in [0.3, 0.4) is 0 Å². The highest BCUT2D eigenvalue weighted by molar-refractivity contribution is 9.10. The zero-order valence-corrected chi connectivity index (χ0v) is 8.91. The molecule has 7 heteroatoms. The number of rotatable bonds is 1. The topological polar surface area (TPSA) is 37.3 Å². The van der Waals surface area contributed by atoms with Gasteiger partial charge in [-0.2, -0.15) is 13.2 Å². The van der Waals surface area contributed by atoms with E-state index >= 15 is 0 Å². The Morgan fingerprint density at radius 2 is 1.93 bits per heavy atom. The lowest BCUT2D eigenvalue weighted by molar-refractivity contribution is -0.0385. The van der Waals surface area contributed by atoms with Gasteiger partial charge < -0.3 is 5.11 Å². The van der Waals surface area contributed by atoms with Crippen LogP contribution in [0.2, 0.25) is 0 Å². The van der Waals surface area contributed by atoms with Crippen molar-refractivity contribution in [1.29, 1.82) is 0 Å². The molecule has 1 N–H and O–H groups in total. The number of phenolic OH excluding ortho intramolecular Hbond substituents is 1. The van der Waals surface area contributed by atoms with Gasteiger partial charge in [0.2, 0.25) is 0 Å². The van der Waals surface area contributed by atoms with Gasteiger partial charge in [-0.05, 0) is 18.2 Å². The molecule has 0 saturated heterocycles. The van der Waals surface area contributed by atoms with Gasteiger partial charge in [-0.25, -0.2) is 4.21 Å². The first-order valence-corrected chi connectivity index (χ1v) is 5.24. The van der Waals surface area contributed by atoms with Crippen LogP contribution in [-0.4, -0.2) is 14.8 Å². The van der Waals surface area contributed by atoms with Crippen LogP contribution in [-0.2, 0) is 10.8 Å². The summed E-state index contributed by atoms with van der Waals surface area (Å²) in [6, 6.07) is 3.37. The molecule has 0 aromatic heterocycles. The maximum absolute atomic E-state index is 12.0. The molecule has 78 valence electrons. The highest BCUT2D eigenvalue weighted by atomic mass is 79.9. The van der Waals surface area contributed by atoms with Crippen LogP contribution in [0.25, 0.3) is 0 Å². The molecule has 2 nitrogen and oxygen atoms in total. The normalized spacial score (nSPS) is 14.0. The summed E-state index contributed by atoms with van der Waals surface area (Å²) in [6.45, 7) is 0. The van der Waals surface area contributed by atoms with Crippen LogP contribution in [0.4, 0.5) is 13.2 Å². The second kappa shape index (κ2) is 3.90. The number of phenols is 1. The van der Waals surface area contributed by atoms with Crippen molar-refractivity contribution < 1.29 is 22.5 Å². The number of halogens is 4. The molecule has 1 rings (SSSR count). The zero-order chi connectivity index (χ0) is 10.9. The molecule has 0 aliphatic heterocycles. The monoisotopic (exact) mass is 288 g/mol. The SMILES string of the molecule is O=S(c1cc(Br)ccc1O)C(F)(F)F. The summed E-state index contributed by atoms with van der Waals surface area (Å²) >= 11 is 2.92. The number of alkyl halides is 3. The highest BCUT2D eigenvalue weighted by Crippen LogP contribution is 2.33. The predicted molar refractivity (Wildman–Crippen MR) is 48.3 cm³/mol. The summed E-state index contributed by atoms with van der Waals surface area (Å²) in [5, 5.41) is 9.05. The van der Waals surface area contributed by atoms with Crippen LogP contribution >= 0.6 is 15.9 Å². The van der Waals surface area contributed by atoms with Crippen LogP contribution in [0.1, 0.15) is 0 Å². The van der Waals surface area contributed by atoms with Crippen LogP contribution in [0.15, 0.2) is 27.6 Å². The second-order valence-electron chi connectivity index (χ2n) is 2.33. The third-order valence-electron chi connectivity index (χ3n) is 1.33. The fraction of sp³-hybridized carbons (Fsp3) is 0.143. The molecule has 0 heterocycles. The molecule has 0 radical (unpaired) electrons. The van der Waals surface area contributed by atoms with Crippen LogP contribution in [0, 0.1) is 0 Å². The lowest BCUT2D eigenvalue weighted by Gasteiger charge is -2.07. The van der Waals surface area contributed by atoms with Crippen LogP contribution < -0.4 is 0 Å². The number of hydrogen-bond acceptors (Lipinski definition) is 2. The minimum atomic E-state index is -4.86. The van der Waals surface area contributed by atoms with Gasteiger partial charge >= 0.3 is 5.51 Å². The third kappa shape index (κ3) is 2.48. The predicted octanol–water partition coefficient (Wildman–Crippen LogP) is 2.78. The molecule has 1 aromatic carbocycles. The zero-order valence-electron chi connectivity index (χ0n) is 6.51. The minimum Gasteiger partial charge on any atom is -0.507 e. The van der Waals surface area contributed by atoms with Gasteiger partial charge in [0.25, 0.3) is 0 Å². The summed E-state index contributed by atoms with van der Waals surface area (Å²) in [6.07, 6.45) is 0. The molecule has 0 spiro atoms. The molecule has 0 aliphatic carbocycles. The first-order chi connectivity index (χ1) is 6.32. The van der Waals surface area contributed by atoms with Gasteiger partial charge in [0.15, 0.2) is 10.8 Å². The van der Waals surface area contributed by atoms with Gasteiger partial charge in [0, 0.05) is 4.47 Å². The number of aromatic hydroxyl groups is 1. The van der Waals surface area contributed by atoms with Crippen molar-refractivity contribution in [3.05, 3.63) is 22.7 Å². The average molecular weight is 289 g/mol. The Morgan fingerprint density at radius 3 is 2.43 bits per heavy atom. The van der Waals surface area contributed by atoms with E-state index in [9.17, 15) is 17.4 Å². The largest absolute Gasteiger partial charge is 0.507 e. The van der Waals surface area contributed by atoms with Gasteiger partial charge in [0.05, 0.1) is 4.90 Å². The molecule has 0 amide bonds. The van der Waals surface area contributed by atoms with E-state index in [0.29, 0.717) is 4.47 Å². The van der Waals surface area contributed by atoms with Crippen molar-refractivity contribution in [2.45, 2.75) is 10.4 Å². The van der Waals surface area contributed by atoms with E-state index in [1.807, 2.05) is 0 Å².